The normalized spacial score (nSPS) is 10.8. The lowest BCUT2D eigenvalue weighted by Gasteiger charge is -2.09. The Hall–Kier alpha value is -3.54. The van der Waals surface area contributed by atoms with Gasteiger partial charge in [0.2, 0.25) is 0 Å². The van der Waals surface area contributed by atoms with Crippen LogP contribution >= 0.6 is 0 Å². The second kappa shape index (κ2) is 7.57. The third-order valence-electron chi connectivity index (χ3n) is 3.95. The standard InChI is InChI=1S/C20H18N2O4/c1-25-17-9-5-7-14(19(17)26-2)12-21-22-20(24)16-11-10-13-6-3-4-8-15(13)18(16)23/h3-12,23H,1-2H3,(H,22,24). The Morgan fingerprint density at radius 3 is 2.62 bits per heavy atom. The average Bonchev–Trinajstić information content (AvgIpc) is 2.68. The third kappa shape index (κ3) is 3.30. The van der Waals surface area contributed by atoms with Crippen LogP contribution in [0.1, 0.15) is 15.9 Å². The fraction of sp³-hybridized carbons (Fsp3) is 0.100. The molecule has 1 amide bonds. The Labute approximate surface area is 150 Å². The van der Waals surface area contributed by atoms with Gasteiger partial charge in [-0.3, -0.25) is 4.79 Å². The molecule has 2 N–H and O–H groups in total. The highest BCUT2D eigenvalue weighted by molar-refractivity contribution is 6.03. The fourth-order valence-corrected chi connectivity index (χ4v) is 2.67. The van der Waals surface area contributed by atoms with E-state index in [9.17, 15) is 9.90 Å². The lowest BCUT2D eigenvalue weighted by molar-refractivity contribution is 0.0952. The van der Waals surface area contributed by atoms with E-state index in [0.717, 1.165) is 5.39 Å². The minimum absolute atomic E-state index is 0.0743. The first-order chi connectivity index (χ1) is 12.7. The Kier molecular flexibility index (Phi) is 5.03. The van der Waals surface area contributed by atoms with Gasteiger partial charge in [0.05, 0.1) is 26.0 Å². The smallest absolute Gasteiger partial charge is 0.275 e. The van der Waals surface area contributed by atoms with Gasteiger partial charge in [-0.05, 0) is 23.6 Å². The highest BCUT2D eigenvalue weighted by Crippen LogP contribution is 2.30. The molecule has 0 spiro atoms. The van der Waals surface area contributed by atoms with E-state index in [1.807, 2.05) is 12.1 Å². The molecule has 0 bridgehead atoms. The number of nitrogens with one attached hydrogen (secondary N) is 1. The second-order valence-corrected chi connectivity index (χ2v) is 5.46. The van der Waals surface area contributed by atoms with Gasteiger partial charge in [0.1, 0.15) is 5.75 Å². The summed E-state index contributed by atoms with van der Waals surface area (Å²) < 4.78 is 10.5. The van der Waals surface area contributed by atoms with E-state index in [-0.39, 0.29) is 11.3 Å². The summed E-state index contributed by atoms with van der Waals surface area (Å²) in [5, 5.41) is 15.8. The zero-order chi connectivity index (χ0) is 18.5. The molecular formula is C20H18N2O4. The van der Waals surface area contributed by atoms with Crippen molar-refractivity contribution in [1.82, 2.24) is 5.43 Å². The van der Waals surface area contributed by atoms with Crippen LogP contribution in [0.3, 0.4) is 0 Å². The summed E-state index contributed by atoms with van der Waals surface area (Å²) in [6.45, 7) is 0. The predicted molar refractivity (Wildman–Crippen MR) is 100 cm³/mol. The molecule has 0 unspecified atom stereocenters. The van der Waals surface area contributed by atoms with Crippen molar-refractivity contribution in [3.05, 3.63) is 65.7 Å². The number of carbonyl (C=O) groups excluding carboxylic acids is 1. The van der Waals surface area contributed by atoms with Gasteiger partial charge in [-0.15, -0.1) is 0 Å². The fourth-order valence-electron chi connectivity index (χ4n) is 2.67. The molecule has 6 nitrogen and oxygen atoms in total. The van der Waals surface area contributed by atoms with E-state index in [1.165, 1.54) is 13.3 Å². The molecule has 0 aromatic heterocycles. The number of rotatable bonds is 5. The van der Waals surface area contributed by atoms with Crippen molar-refractivity contribution in [2.45, 2.75) is 0 Å². The van der Waals surface area contributed by atoms with Gasteiger partial charge in [0.15, 0.2) is 11.5 Å². The molecule has 6 heteroatoms. The Balaban J connectivity index is 1.81. The summed E-state index contributed by atoms with van der Waals surface area (Å²) in [4.78, 5) is 12.3. The number of benzene rings is 3. The topological polar surface area (TPSA) is 80.2 Å². The molecule has 3 aromatic rings. The van der Waals surface area contributed by atoms with Gasteiger partial charge in [-0.2, -0.15) is 5.10 Å². The van der Waals surface area contributed by atoms with Gasteiger partial charge in [-0.1, -0.05) is 36.4 Å². The molecule has 3 rings (SSSR count). The zero-order valence-electron chi connectivity index (χ0n) is 14.4. The molecule has 0 saturated heterocycles. The first kappa shape index (κ1) is 17.3. The molecule has 0 aliphatic heterocycles. The quantitative estimate of drug-likeness (QED) is 0.546. The molecule has 0 aliphatic rings. The summed E-state index contributed by atoms with van der Waals surface area (Å²) in [6, 6.07) is 16.0. The monoisotopic (exact) mass is 350 g/mol. The molecule has 0 aliphatic carbocycles. The van der Waals surface area contributed by atoms with Gasteiger partial charge in [-0.25, -0.2) is 5.43 Å². The van der Waals surface area contributed by atoms with Crippen LogP contribution in [0.4, 0.5) is 0 Å². The summed E-state index contributed by atoms with van der Waals surface area (Å²) in [7, 11) is 3.07. The zero-order valence-corrected chi connectivity index (χ0v) is 14.4. The number of fused-ring (bicyclic) bond motifs is 1. The van der Waals surface area contributed by atoms with Gasteiger partial charge < -0.3 is 14.6 Å². The highest BCUT2D eigenvalue weighted by Gasteiger charge is 2.13. The Morgan fingerprint density at radius 1 is 1.04 bits per heavy atom. The number of carbonyl (C=O) groups is 1. The molecule has 0 atom stereocenters. The Bertz CT molecular complexity index is 983. The second-order valence-electron chi connectivity index (χ2n) is 5.46. The van der Waals surface area contributed by atoms with Crippen LogP contribution in [-0.4, -0.2) is 31.4 Å². The summed E-state index contributed by atoms with van der Waals surface area (Å²) >= 11 is 0. The van der Waals surface area contributed by atoms with Crippen molar-refractivity contribution >= 4 is 22.9 Å². The van der Waals surface area contributed by atoms with Gasteiger partial charge in [0, 0.05) is 10.9 Å². The van der Waals surface area contributed by atoms with Crippen molar-refractivity contribution < 1.29 is 19.4 Å². The minimum atomic E-state index is -0.508. The minimum Gasteiger partial charge on any atom is -0.506 e. The van der Waals surface area contributed by atoms with Crippen LogP contribution in [-0.2, 0) is 0 Å². The summed E-state index contributed by atoms with van der Waals surface area (Å²) in [5.74, 6) is 0.498. The number of aromatic hydroxyl groups is 1. The number of hydrogen-bond acceptors (Lipinski definition) is 5. The molecule has 3 aromatic carbocycles. The molecule has 26 heavy (non-hydrogen) atoms. The number of hydrogen-bond donors (Lipinski definition) is 2. The predicted octanol–water partition coefficient (Wildman–Crippen LogP) is 3.33. The molecule has 0 fully saturated rings. The number of phenols is 1. The van der Waals surface area contributed by atoms with Crippen LogP contribution in [0.5, 0.6) is 17.2 Å². The van der Waals surface area contributed by atoms with Crippen molar-refractivity contribution in [1.29, 1.82) is 0 Å². The maximum absolute atomic E-state index is 12.3. The largest absolute Gasteiger partial charge is 0.506 e. The number of methoxy groups -OCH3 is 2. The van der Waals surface area contributed by atoms with E-state index in [4.69, 9.17) is 9.47 Å². The van der Waals surface area contributed by atoms with Crippen LogP contribution in [0.15, 0.2) is 59.7 Å². The lowest BCUT2D eigenvalue weighted by atomic mass is 10.1. The first-order valence-corrected chi connectivity index (χ1v) is 7.91. The van der Waals surface area contributed by atoms with Crippen molar-refractivity contribution in [2.24, 2.45) is 5.10 Å². The number of ether oxygens (including phenoxy) is 2. The summed E-state index contributed by atoms with van der Waals surface area (Å²) in [6.07, 6.45) is 1.46. The maximum atomic E-state index is 12.3. The molecule has 0 heterocycles. The van der Waals surface area contributed by atoms with E-state index in [2.05, 4.69) is 10.5 Å². The molecule has 0 saturated carbocycles. The maximum Gasteiger partial charge on any atom is 0.275 e. The van der Waals surface area contributed by atoms with Gasteiger partial charge in [0.25, 0.3) is 5.91 Å². The van der Waals surface area contributed by atoms with Gasteiger partial charge >= 0.3 is 0 Å². The SMILES string of the molecule is COc1cccc(C=NNC(=O)c2ccc3ccccc3c2O)c1OC. The highest BCUT2D eigenvalue weighted by atomic mass is 16.5. The van der Waals surface area contributed by atoms with Crippen LogP contribution in [0.2, 0.25) is 0 Å². The lowest BCUT2D eigenvalue weighted by Crippen LogP contribution is -2.17. The number of nitrogens with zero attached hydrogens (tertiary/aromatic N) is 1. The molecular weight excluding hydrogens is 332 g/mol. The first-order valence-electron chi connectivity index (χ1n) is 7.91. The number of phenolic OH excluding ortho intramolecular Hbond substituents is 1. The van der Waals surface area contributed by atoms with Crippen LogP contribution in [0, 0.1) is 0 Å². The molecule has 132 valence electrons. The average molecular weight is 350 g/mol. The Morgan fingerprint density at radius 2 is 1.85 bits per heavy atom. The van der Waals surface area contributed by atoms with Crippen molar-refractivity contribution in [3.63, 3.8) is 0 Å². The number of hydrazone groups is 1. The van der Waals surface area contributed by atoms with E-state index >= 15 is 0 Å². The number of para-hydroxylation sites is 1. The number of amides is 1. The molecule has 0 radical (unpaired) electrons. The van der Waals surface area contributed by atoms with Crippen LogP contribution in [0.25, 0.3) is 10.8 Å². The summed E-state index contributed by atoms with van der Waals surface area (Å²) in [5.41, 5.74) is 3.22. The van der Waals surface area contributed by atoms with Crippen molar-refractivity contribution in [2.75, 3.05) is 14.2 Å². The van der Waals surface area contributed by atoms with E-state index in [1.54, 1.807) is 49.6 Å². The van der Waals surface area contributed by atoms with E-state index in [0.29, 0.717) is 22.4 Å². The van der Waals surface area contributed by atoms with Crippen molar-refractivity contribution in [3.8, 4) is 17.2 Å². The third-order valence-corrected chi connectivity index (χ3v) is 3.95. The van der Waals surface area contributed by atoms with Crippen LogP contribution < -0.4 is 14.9 Å². The van der Waals surface area contributed by atoms with E-state index < -0.39 is 5.91 Å².